The zero-order chi connectivity index (χ0) is 24.3. The Kier molecular flexibility index (Phi) is 6.24. The number of aromatic carboxylic acids is 2. The molecular formula is C22H15N3O8. The Hall–Kier alpha value is -4.93. The summed E-state index contributed by atoms with van der Waals surface area (Å²) in [5.74, 6) is -2.94. The molecule has 2 N–H and O–H groups in total. The van der Waals surface area contributed by atoms with Crippen molar-refractivity contribution in [2.24, 2.45) is 0 Å². The van der Waals surface area contributed by atoms with Gasteiger partial charge in [-0.05, 0) is 24.1 Å². The Balaban J connectivity index is 2.29. The largest absolute Gasteiger partial charge is 0.478 e. The average molecular weight is 449 g/mol. The van der Waals surface area contributed by atoms with Gasteiger partial charge in [-0.3, -0.25) is 25.2 Å². The molecule has 0 saturated carbocycles. The SMILES string of the molecule is Cc1nc(/C=C/c2cccc([N+](=O)[O-])c2)c(C(=O)O)c(-c2cccc([N+](=O)[O-])c2)c1C(=O)O. The number of carboxylic acids is 2. The van der Waals surface area contributed by atoms with Crippen molar-refractivity contribution in [3.8, 4) is 11.1 Å². The van der Waals surface area contributed by atoms with Gasteiger partial charge in [-0.25, -0.2) is 9.59 Å². The zero-order valence-corrected chi connectivity index (χ0v) is 17.0. The van der Waals surface area contributed by atoms with Crippen molar-refractivity contribution in [1.29, 1.82) is 0 Å². The maximum atomic E-state index is 12.2. The molecule has 0 bridgehead atoms. The van der Waals surface area contributed by atoms with Crippen LogP contribution in [0.2, 0.25) is 0 Å². The van der Waals surface area contributed by atoms with Crippen molar-refractivity contribution in [3.05, 3.63) is 96.8 Å². The van der Waals surface area contributed by atoms with Crippen molar-refractivity contribution in [1.82, 2.24) is 4.98 Å². The number of hydrogen-bond acceptors (Lipinski definition) is 7. The summed E-state index contributed by atoms with van der Waals surface area (Å²) in [5, 5.41) is 41.8. The Morgan fingerprint density at radius 2 is 1.45 bits per heavy atom. The van der Waals surface area contributed by atoms with Gasteiger partial charge in [0.1, 0.15) is 0 Å². The maximum Gasteiger partial charge on any atom is 0.338 e. The molecule has 0 aliphatic rings. The van der Waals surface area contributed by atoms with Gasteiger partial charge in [-0.15, -0.1) is 0 Å². The van der Waals surface area contributed by atoms with E-state index in [4.69, 9.17) is 0 Å². The summed E-state index contributed by atoms with van der Waals surface area (Å²) in [6, 6.07) is 10.6. The van der Waals surface area contributed by atoms with E-state index in [1.54, 1.807) is 6.07 Å². The third-order valence-corrected chi connectivity index (χ3v) is 4.69. The molecule has 0 spiro atoms. The summed E-state index contributed by atoms with van der Waals surface area (Å²) < 4.78 is 0. The Bertz CT molecular complexity index is 1350. The van der Waals surface area contributed by atoms with Crippen LogP contribution in [0.3, 0.4) is 0 Å². The first-order valence-corrected chi connectivity index (χ1v) is 9.28. The molecule has 11 heteroatoms. The lowest BCUT2D eigenvalue weighted by Gasteiger charge is -2.15. The number of hydrogen-bond donors (Lipinski definition) is 2. The van der Waals surface area contributed by atoms with Crippen LogP contribution < -0.4 is 0 Å². The molecule has 0 atom stereocenters. The molecule has 1 heterocycles. The quantitative estimate of drug-likeness (QED) is 0.390. The van der Waals surface area contributed by atoms with Crippen LogP contribution in [0.5, 0.6) is 0 Å². The highest BCUT2D eigenvalue weighted by Crippen LogP contribution is 2.34. The van der Waals surface area contributed by atoms with Crippen molar-refractivity contribution >= 4 is 35.5 Å². The summed E-state index contributed by atoms with van der Waals surface area (Å²) >= 11 is 0. The predicted molar refractivity (Wildman–Crippen MR) is 117 cm³/mol. The van der Waals surface area contributed by atoms with Crippen LogP contribution in [-0.2, 0) is 0 Å². The molecule has 2 aromatic carbocycles. The Morgan fingerprint density at radius 3 is 2.03 bits per heavy atom. The number of nitro benzene ring substituents is 2. The average Bonchev–Trinajstić information content (AvgIpc) is 2.76. The number of rotatable bonds is 7. The van der Waals surface area contributed by atoms with E-state index in [-0.39, 0.29) is 33.9 Å². The highest BCUT2D eigenvalue weighted by molar-refractivity contribution is 6.07. The van der Waals surface area contributed by atoms with E-state index in [1.807, 2.05) is 0 Å². The van der Waals surface area contributed by atoms with Crippen LogP contribution in [0, 0.1) is 27.2 Å². The van der Waals surface area contributed by atoms with Crippen molar-refractivity contribution in [2.45, 2.75) is 6.92 Å². The summed E-state index contributed by atoms with van der Waals surface area (Å²) in [5.41, 5.74) is -1.33. The number of carboxylic acid groups (broad SMARTS) is 2. The fourth-order valence-corrected chi connectivity index (χ4v) is 3.31. The van der Waals surface area contributed by atoms with Gasteiger partial charge in [-0.1, -0.05) is 30.3 Å². The second kappa shape index (κ2) is 9.06. The van der Waals surface area contributed by atoms with Gasteiger partial charge >= 0.3 is 11.9 Å². The number of aromatic nitrogens is 1. The second-order valence-electron chi connectivity index (χ2n) is 6.81. The third kappa shape index (κ3) is 4.71. The fourth-order valence-electron chi connectivity index (χ4n) is 3.31. The van der Waals surface area contributed by atoms with Crippen LogP contribution in [0.4, 0.5) is 11.4 Å². The number of benzene rings is 2. The highest BCUT2D eigenvalue weighted by Gasteiger charge is 2.27. The van der Waals surface area contributed by atoms with Gasteiger partial charge in [0, 0.05) is 29.8 Å². The van der Waals surface area contributed by atoms with Crippen molar-refractivity contribution in [2.75, 3.05) is 0 Å². The summed E-state index contributed by atoms with van der Waals surface area (Å²) in [4.78, 5) is 49.2. The summed E-state index contributed by atoms with van der Waals surface area (Å²) in [7, 11) is 0. The van der Waals surface area contributed by atoms with Crippen LogP contribution in [-0.4, -0.2) is 37.0 Å². The number of nitrogens with zero attached hydrogens (tertiary/aromatic N) is 3. The number of pyridine rings is 1. The summed E-state index contributed by atoms with van der Waals surface area (Å²) in [6.07, 6.45) is 2.70. The Morgan fingerprint density at radius 1 is 0.879 bits per heavy atom. The maximum absolute atomic E-state index is 12.2. The molecule has 11 nitrogen and oxygen atoms in total. The number of non-ortho nitro benzene ring substituents is 2. The van der Waals surface area contributed by atoms with Crippen molar-refractivity contribution < 1.29 is 29.6 Å². The monoisotopic (exact) mass is 449 g/mol. The van der Waals surface area contributed by atoms with Crippen LogP contribution in [0.1, 0.15) is 37.7 Å². The molecule has 0 fully saturated rings. The van der Waals surface area contributed by atoms with Crippen LogP contribution >= 0.6 is 0 Å². The van der Waals surface area contributed by atoms with Gasteiger partial charge in [0.05, 0.1) is 32.4 Å². The minimum absolute atomic E-state index is 0.00676. The lowest BCUT2D eigenvalue weighted by molar-refractivity contribution is -0.385. The normalized spacial score (nSPS) is 10.8. The number of carbonyl (C=O) groups is 2. The van der Waals surface area contributed by atoms with E-state index in [1.165, 1.54) is 55.5 Å². The van der Waals surface area contributed by atoms with Crippen molar-refractivity contribution in [3.63, 3.8) is 0 Å². The van der Waals surface area contributed by atoms with Gasteiger partial charge in [0.15, 0.2) is 0 Å². The molecule has 3 aromatic rings. The second-order valence-corrected chi connectivity index (χ2v) is 6.81. The molecular weight excluding hydrogens is 434 g/mol. The first-order chi connectivity index (χ1) is 15.6. The minimum atomic E-state index is -1.50. The third-order valence-electron chi connectivity index (χ3n) is 4.69. The molecule has 0 aliphatic carbocycles. The lowest BCUT2D eigenvalue weighted by Crippen LogP contribution is -2.13. The Labute approximate surface area is 185 Å². The molecule has 0 unspecified atom stereocenters. The molecule has 0 amide bonds. The van der Waals surface area contributed by atoms with Crippen LogP contribution in [0.15, 0.2) is 48.5 Å². The van der Waals surface area contributed by atoms with Gasteiger partial charge < -0.3 is 10.2 Å². The van der Waals surface area contributed by atoms with E-state index in [2.05, 4.69) is 4.98 Å². The van der Waals surface area contributed by atoms with E-state index in [0.29, 0.717) is 5.56 Å². The molecule has 0 aliphatic heterocycles. The molecule has 0 saturated heterocycles. The van der Waals surface area contributed by atoms with Gasteiger partial charge in [-0.2, -0.15) is 0 Å². The van der Waals surface area contributed by atoms with E-state index in [9.17, 15) is 40.0 Å². The topological polar surface area (TPSA) is 174 Å². The predicted octanol–water partition coefficient (Wildman–Crippen LogP) is 4.44. The first kappa shape index (κ1) is 22.7. The number of aryl methyl sites for hydroxylation is 1. The van der Waals surface area contributed by atoms with E-state index >= 15 is 0 Å². The van der Waals surface area contributed by atoms with Gasteiger partial charge in [0.25, 0.3) is 11.4 Å². The van der Waals surface area contributed by atoms with Crippen LogP contribution in [0.25, 0.3) is 23.3 Å². The zero-order valence-electron chi connectivity index (χ0n) is 17.0. The summed E-state index contributed by atoms with van der Waals surface area (Å²) in [6.45, 7) is 1.38. The molecule has 3 rings (SSSR count). The lowest BCUT2D eigenvalue weighted by atomic mass is 9.91. The number of nitro groups is 2. The van der Waals surface area contributed by atoms with E-state index in [0.717, 1.165) is 6.07 Å². The molecule has 0 radical (unpaired) electrons. The standard InChI is InChI=1S/C22H15N3O8/c1-12-18(21(26)27)19(14-5-3-7-16(11-14)25(32)33)20(22(28)29)17(23-12)9-8-13-4-2-6-15(10-13)24(30)31/h2-11H,1H3,(H,26,27)(H,28,29)/b9-8+. The molecule has 33 heavy (non-hydrogen) atoms. The smallest absolute Gasteiger partial charge is 0.338 e. The fraction of sp³-hybridized carbons (Fsp3) is 0.0455. The molecule has 166 valence electrons. The minimum Gasteiger partial charge on any atom is -0.478 e. The van der Waals surface area contributed by atoms with Gasteiger partial charge in [0.2, 0.25) is 0 Å². The molecule has 1 aromatic heterocycles. The first-order valence-electron chi connectivity index (χ1n) is 9.28. The highest BCUT2D eigenvalue weighted by atomic mass is 16.6. The van der Waals surface area contributed by atoms with E-state index < -0.39 is 32.9 Å².